The van der Waals surface area contributed by atoms with Crippen LogP contribution in [0.3, 0.4) is 0 Å². The molecule has 0 aliphatic carbocycles. The van der Waals surface area contributed by atoms with Crippen molar-refractivity contribution in [2.75, 3.05) is 13.2 Å². The van der Waals surface area contributed by atoms with Gasteiger partial charge in [-0.3, -0.25) is 0 Å². The number of aliphatic hydroxyl groups is 1. The third-order valence-corrected chi connectivity index (χ3v) is 3.78. The van der Waals surface area contributed by atoms with E-state index in [4.69, 9.17) is 4.74 Å². The van der Waals surface area contributed by atoms with Gasteiger partial charge >= 0.3 is 0 Å². The Bertz CT molecular complexity index is 385. The lowest BCUT2D eigenvalue weighted by atomic mass is 10.0. The van der Waals surface area contributed by atoms with E-state index in [9.17, 15) is 5.11 Å². The van der Waals surface area contributed by atoms with Crippen LogP contribution in [-0.4, -0.2) is 39.2 Å². The first-order valence-electron chi connectivity index (χ1n) is 6.53. The first kappa shape index (κ1) is 11.2. The van der Waals surface area contributed by atoms with Crippen LogP contribution in [0.25, 0.3) is 0 Å². The maximum Gasteiger partial charge on any atom is 0.135 e. The van der Waals surface area contributed by atoms with Gasteiger partial charge in [0.15, 0.2) is 0 Å². The van der Waals surface area contributed by atoms with Crippen LogP contribution in [0.2, 0.25) is 0 Å². The van der Waals surface area contributed by atoms with Gasteiger partial charge in [0.25, 0.3) is 0 Å². The fourth-order valence-corrected chi connectivity index (χ4v) is 2.90. The van der Waals surface area contributed by atoms with E-state index in [0.29, 0.717) is 6.10 Å². The Labute approximate surface area is 101 Å². The van der Waals surface area contributed by atoms with E-state index in [1.54, 1.807) is 0 Å². The van der Waals surface area contributed by atoms with Gasteiger partial charge in [0.2, 0.25) is 0 Å². The van der Waals surface area contributed by atoms with Crippen LogP contribution in [0, 0.1) is 0 Å². The zero-order chi connectivity index (χ0) is 11.7. The first-order valence-corrected chi connectivity index (χ1v) is 6.53. The molecule has 0 aromatic carbocycles. The minimum Gasteiger partial charge on any atom is -0.394 e. The Morgan fingerprint density at radius 2 is 2.24 bits per heavy atom. The standard InChI is InChI=1S/C12H19N3O2/c16-8-9-3-1-5-11-13-14-12(15(9)11)7-10-4-2-6-17-10/h9-10,16H,1-8H2. The molecule has 3 rings (SSSR count). The van der Waals surface area contributed by atoms with E-state index < -0.39 is 0 Å². The number of rotatable bonds is 3. The lowest BCUT2D eigenvalue weighted by Crippen LogP contribution is -2.24. The average Bonchev–Trinajstić information content (AvgIpc) is 2.99. The Balaban J connectivity index is 1.82. The van der Waals surface area contributed by atoms with Crippen molar-refractivity contribution in [1.29, 1.82) is 0 Å². The van der Waals surface area contributed by atoms with Crippen LogP contribution in [0.4, 0.5) is 0 Å². The third-order valence-electron chi connectivity index (χ3n) is 3.78. The fraction of sp³-hybridized carbons (Fsp3) is 0.833. The Morgan fingerprint density at radius 1 is 1.29 bits per heavy atom. The van der Waals surface area contributed by atoms with Crippen molar-refractivity contribution in [3.63, 3.8) is 0 Å². The number of hydrogen-bond acceptors (Lipinski definition) is 4. The van der Waals surface area contributed by atoms with Crippen LogP contribution in [0.15, 0.2) is 0 Å². The predicted octanol–water partition coefficient (Wildman–Crippen LogP) is 0.869. The summed E-state index contributed by atoms with van der Waals surface area (Å²) in [7, 11) is 0. The number of hydrogen-bond donors (Lipinski definition) is 1. The molecule has 5 heteroatoms. The van der Waals surface area contributed by atoms with Gasteiger partial charge in [-0.05, 0) is 25.7 Å². The van der Waals surface area contributed by atoms with Gasteiger partial charge in [0, 0.05) is 19.4 Å². The molecule has 5 nitrogen and oxygen atoms in total. The van der Waals surface area contributed by atoms with Gasteiger partial charge in [-0.2, -0.15) is 0 Å². The highest BCUT2D eigenvalue weighted by Crippen LogP contribution is 2.26. The summed E-state index contributed by atoms with van der Waals surface area (Å²) < 4.78 is 7.79. The molecule has 3 heterocycles. The molecule has 0 amide bonds. The summed E-state index contributed by atoms with van der Waals surface area (Å²) in [5.41, 5.74) is 0. The van der Waals surface area contributed by atoms with E-state index in [1.165, 1.54) is 0 Å². The minimum absolute atomic E-state index is 0.171. The van der Waals surface area contributed by atoms with Gasteiger partial charge in [0.1, 0.15) is 11.6 Å². The maximum atomic E-state index is 9.43. The van der Waals surface area contributed by atoms with Crippen LogP contribution >= 0.6 is 0 Å². The van der Waals surface area contributed by atoms with Crippen molar-refractivity contribution >= 4 is 0 Å². The molecule has 2 aliphatic rings. The quantitative estimate of drug-likeness (QED) is 0.847. The smallest absolute Gasteiger partial charge is 0.135 e. The van der Waals surface area contributed by atoms with Crippen LogP contribution in [-0.2, 0) is 17.6 Å². The molecule has 2 aliphatic heterocycles. The molecule has 1 aromatic heterocycles. The largest absolute Gasteiger partial charge is 0.394 e. The van der Waals surface area contributed by atoms with Crippen molar-refractivity contribution in [1.82, 2.24) is 14.8 Å². The summed E-state index contributed by atoms with van der Waals surface area (Å²) in [5, 5.41) is 18.0. The normalized spacial score (nSPS) is 28.3. The summed E-state index contributed by atoms with van der Waals surface area (Å²) in [6.07, 6.45) is 6.51. The van der Waals surface area contributed by atoms with Gasteiger partial charge in [-0.1, -0.05) is 0 Å². The molecule has 2 atom stereocenters. The second kappa shape index (κ2) is 4.74. The topological polar surface area (TPSA) is 60.2 Å². The molecule has 0 radical (unpaired) electrons. The van der Waals surface area contributed by atoms with Crippen molar-refractivity contribution in [2.45, 2.75) is 50.7 Å². The third kappa shape index (κ3) is 2.09. The minimum atomic E-state index is 0.171. The molecule has 2 unspecified atom stereocenters. The molecule has 17 heavy (non-hydrogen) atoms. The number of aliphatic hydroxyl groups excluding tert-OH is 1. The molecule has 94 valence electrons. The van der Waals surface area contributed by atoms with Gasteiger partial charge in [-0.15, -0.1) is 10.2 Å². The highest BCUT2D eigenvalue weighted by Gasteiger charge is 2.26. The Morgan fingerprint density at radius 3 is 3.00 bits per heavy atom. The molecule has 0 saturated carbocycles. The number of aromatic nitrogens is 3. The summed E-state index contributed by atoms with van der Waals surface area (Å²) in [4.78, 5) is 0. The highest BCUT2D eigenvalue weighted by atomic mass is 16.5. The van der Waals surface area contributed by atoms with Gasteiger partial charge in [0.05, 0.1) is 18.8 Å². The van der Waals surface area contributed by atoms with E-state index in [1.807, 2.05) is 0 Å². The van der Waals surface area contributed by atoms with Crippen LogP contribution < -0.4 is 0 Å². The summed E-state index contributed by atoms with van der Waals surface area (Å²) in [6, 6.07) is 0.171. The van der Waals surface area contributed by atoms with E-state index in [-0.39, 0.29) is 12.6 Å². The van der Waals surface area contributed by atoms with Crippen molar-refractivity contribution < 1.29 is 9.84 Å². The van der Waals surface area contributed by atoms with E-state index >= 15 is 0 Å². The van der Waals surface area contributed by atoms with Crippen LogP contribution in [0.1, 0.15) is 43.4 Å². The SMILES string of the molecule is OCC1CCCc2nnc(CC3CCCO3)n21. The predicted molar refractivity (Wildman–Crippen MR) is 61.8 cm³/mol. The van der Waals surface area contributed by atoms with Gasteiger partial charge in [-0.25, -0.2) is 0 Å². The number of fused-ring (bicyclic) bond motifs is 1. The lowest BCUT2D eigenvalue weighted by Gasteiger charge is -2.24. The van der Waals surface area contributed by atoms with Crippen molar-refractivity contribution in [3.05, 3.63) is 11.6 Å². The molecular weight excluding hydrogens is 218 g/mol. The van der Waals surface area contributed by atoms with E-state index in [0.717, 1.165) is 56.8 Å². The average molecular weight is 237 g/mol. The number of nitrogens with zero attached hydrogens (tertiary/aromatic N) is 3. The molecule has 1 aromatic rings. The lowest BCUT2D eigenvalue weighted by molar-refractivity contribution is 0.107. The molecule has 1 saturated heterocycles. The first-order chi connectivity index (χ1) is 8.38. The van der Waals surface area contributed by atoms with Crippen molar-refractivity contribution in [2.24, 2.45) is 0 Å². The fourth-order valence-electron chi connectivity index (χ4n) is 2.90. The zero-order valence-electron chi connectivity index (χ0n) is 10.0. The highest BCUT2D eigenvalue weighted by molar-refractivity contribution is 5.04. The maximum absolute atomic E-state index is 9.43. The Hall–Kier alpha value is -0.940. The summed E-state index contributed by atoms with van der Waals surface area (Å²) in [6.45, 7) is 1.05. The molecular formula is C12H19N3O2. The van der Waals surface area contributed by atoms with Crippen LogP contribution in [0.5, 0.6) is 0 Å². The molecule has 0 spiro atoms. The summed E-state index contributed by atoms with van der Waals surface area (Å²) in [5.74, 6) is 2.02. The second-order valence-electron chi connectivity index (χ2n) is 4.97. The monoisotopic (exact) mass is 237 g/mol. The Kier molecular flexibility index (Phi) is 3.11. The second-order valence-corrected chi connectivity index (χ2v) is 4.97. The molecule has 1 N–H and O–H groups in total. The summed E-state index contributed by atoms with van der Waals surface area (Å²) >= 11 is 0. The van der Waals surface area contributed by atoms with Crippen molar-refractivity contribution in [3.8, 4) is 0 Å². The number of aryl methyl sites for hydroxylation is 1. The van der Waals surface area contributed by atoms with Gasteiger partial charge < -0.3 is 14.4 Å². The molecule has 0 bridgehead atoms. The van der Waals surface area contributed by atoms with E-state index in [2.05, 4.69) is 14.8 Å². The zero-order valence-corrected chi connectivity index (χ0v) is 10.0. The molecule has 1 fully saturated rings. The number of ether oxygens (including phenoxy) is 1.